The average Bonchev–Trinajstić information content (AvgIpc) is 3.56. The number of hydrogen-bond acceptors (Lipinski definition) is 7. The Bertz CT molecular complexity index is 1890. The number of anilines is 2. The third-order valence-corrected chi connectivity index (χ3v) is 9.17. The first-order valence-electron chi connectivity index (χ1n) is 14.9. The van der Waals surface area contributed by atoms with Gasteiger partial charge in [-0.05, 0) is 67.4 Å². The van der Waals surface area contributed by atoms with Crippen molar-refractivity contribution in [2.45, 2.75) is 30.4 Å². The lowest BCUT2D eigenvalue weighted by Gasteiger charge is -2.15. The van der Waals surface area contributed by atoms with Crippen molar-refractivity contribution < 1.29 is 19.1 Å². The zero-order valence-electron chi connectivity index (χ0n) is 26.2. The summed E-state index contributed by atoms with van der Waals surface area (Å²) in [6, 6.07) is 31.3. The van der Waals surface area contributed by atoms with E-state index in [4.69, 9.17) is 4.74 Å². The predicted molar refractivity (Wildman–Crippen MR) is 191 cm³/mol. The van der Waals surface area contributed by atoms with Crippen LogP contribution in [0.2, 0.25) is 0 Å². The Morgan fingerprint density at radius 1 is 0.915 bits per heavy atom. The average molecular weight is 663 g/mol. The topological polar surface area (TPSA) is 109 Å². The highest BCUT2D eigenvalue weighted by Crippen LogP contribution is 2.31. The van der Waals surface area contributed by atoms with Gasteiger partial charge in [0.25, 0.3) is 11.8 Å². The van der Waals surface area contributed by atoms with Gasteiger partial charge in [0.05, 0.1) is 18.1 Å². The number of amides is 3. The predicted octanol–water partition coefficient (Wildman–Crippen LogP) is 8.05. The van der Waals surface area contributed by atoms with Crippen molar-refractivity contribution in [2.75, 3.05) is 17.7 Å². The Morgan fingerprint density at radius 3 is 2.43 bits per heavy atom. The molecule has 8 nitrogen and oxygen atoms in total. The molecule has 5 rings (SSSR count). The fraction of sp³-hybridized carbons (Fsp3) is 0.135. The van der Waals surface area contributed by atoms with Crippen LogP contribution in [0, 0.1) is 6.92 Å². The van der Waals surface area contributed by atoms with E-state index in [0.29, 0.717) is 22.8 Å². The van der Waals surface area contributed by atoms with Crippen LogP contribution < -0.4 is 20.7 Å². The molecule has 0 saturated heterocycles. The van der Waals surface area contributed by atoms with Gasteiger partial charge in [-0.25, -0.2) is 4.98 Å². The number of aromatic nitrogens is 1. The normalized spacial score (nSPS) is 11.8. The largest absolute Gasteiger partial charge is 0.497 e. The standard InChI is InChI=1S/C37H34N4O4S2/c1-4-33(36(44)41-37-40-32(23-46-37)27-12-8-14-29(21-27)45-3)47-30-15-9-13-28(22-30)38-35(43)31(20-25-18-16-24(2)17-19-25)39-34(42)26-10-6-5-7-11-26/h5-23,33H,4H2,1-3H3,(H,38,43)(H,39,42)(H,40,41,44)/b31-20-. The number of carbonyl (C=O) groups is 3. The molecule has 238 valence electrons. The van der Waals surface area contributed by atoms with Gasteiger partial charge in [0, 0.05) is 27.1 Å². The highest BCUT2D eigenvalue weighted by Gasteiger charge is 2.21. The van der Waals surface area contributed by atoms with E-state index in [2.05, 4.69) is 20.9 Å². The smallest absolute Gasteiger partial charge is 0.272 e. The second-order valence-corrected chi connectivity index (χ2v) is 12.7. The number of benzene rings is 4. The minimum atomic E-state index is -0.475. The lowest BCUT2D eigenvalue weighted by atomic mass is 10.1. The summed E-state index contributed by atoms with van der Waals surface area (Å²) in [5.74, 6) is -0.295. The molecule has 10 heteroatoms. The van der Waals surface area contributed by atoms with Crippen LogP contribution in [0.3, 0.4) is 0 Å². The number of carbonyl (C=O) groups excluding carboxylic acids is 3. The summed E-state index contributed by atoms with van der Waals surface area (Å²) in [6.07, 6.45) is 2.22. The third-order valence-electron chi connectivity index (χ3n) is 7.05. The highest BCUT2D eigenvalue weighted by atomic mass is 32.2. The molecule has 0 spiro atoms. The number of thiazole rings is 1. The molecule has 3 amide bonds. The summed E-state index contributed by atoms with van der Waals surface area (Å²) in [5.41, 5.74) is 4.57. The lowest BCUT2D eigenvalue weighted by Crippen LogP contribution is -2.30. The first-order chi connectivity index (χ1) is 22.8. The second kappa shape index (κ2) is 15.9. The van der Waals surface area contributed by atoms with E-state index in [0.717, 1.165) is 33.0 Å². The molecule has 0 aliphatic rings. The zero-order valence-corrected chi connectivity index (χ0v) is 27.8. The van der Waals surface area contributed by atoms with Gasteiger partial charge in [0.2, 0.25) is 5.91 Å². The van der Waals surface area contributed by atoms with E-state index < -0.39 is 17.1 Å². The summed E-state index contributed by atoms with van der Waals surface area (Å²) in [4.78, 5) is 45.1. The fourth-order valence-electron chi connectivity index (χ4n) is 4.54. The number of hydrogen-bond donors (Lipinski definition) is 3. The van der Waals surface area contributed by atoms with Crippen LogP contribution in [0.15, 0.2) is 119 Å². The van der Waals surface area contributed by atoms with Crippen molar-refractivity contribution in [2.24, 2.45) is 0 Å². The quantitative estimate of drug-likeness (QED) is 0.0922. The first kappa shape index (κ1) is 33.2. The van der Waals surface area contributed by atoms with Gasteiger partial charge in [-0.1, -0.05) is 73.2 Å². The van der Waals surface area contributed by atoms with Crippen LogP contribution in [-0.4, -0.2) is 35.1 Å². The van der Waals surface area contributed by atoms with E-state index in [1.165, 1.54) is 23.1 Å². The van der Waals surface area contributed by atoms with Crippen molar-refractivity contribution >= 4 is 57.7 Å². The maximum atomic E-state index is 13.5. The Labute approximate surface area is 282 Å². The molecule has 0 aliphatic heterocycles. The summed E-state index contributed by atoms with van der Waals surface area (Å²) in [7, 11) is 1.62. The molecule has 1 heterocycles. The maximum Gasteiger partial charge on any atom is 0.272 e. The Balaban J connectivity index is 1.27. The molecule has 0 bridgehead atoms. The van der Waals surface area contributed by atoms with Crippen molar-refractivity contribution in [3.8, 4) is 17.0 Å². The molecule has 0 radical (unpaired) electrons. The molecule has 3 N–H and O–H groups in total. The molecule has 1 unspecified atom stereocenters. The van der Waals surface area contributed by atoms with Crippen LogP contribution in [0.5, 0.6) is 5.75 Å². The number of methoxy groups -OCH3 is 1. The summed E-state index contributed by atoms with van der Waals surface area (Å²) in [5, 5.41) is 10.6. The van der Waals surface area contributed by atoms with Crippen LogP contribution in [0.1, 0.15) is 34.8 Å². The summed E-state index contributed by atoms with van der Waals surface area (Å²) < 4.78 is 5.31. The van der Waals surface area contributed by atoms with Crippen molar-refractivity contribution in [1.29, 1.82) is 0 Å². The fourth-order valence-corrected chi connectivity index (χ4v) is 6.27. The number of nitrogens with one attached hydrogen (secondary N) is 3. The first-order valence-corrected chi connectivity index (χ1v) is 16.7. The maximum absolute atomic E-state index is 13.5. The lowest BCUT2D eigenvalue weighted by molar-refractivity contribution is -0.116. The Kier molecular flexibility index (Phi) is 11.2. The molecule has 1 aromatic heterocycles. The van der Waals surface area contributed by atoms with Gasteiger partial charge >= 0.3 is 0 Å². The van der Waals surface area contributed by atoms with Crippen LogP contribution in [0.4, 0.5) is 10.8 Å². The summed E-state index contributed by atoms with van der Waals surface area (Å²) in [6.45, 7) is 3.93. The number of rotatable bonds is 12. The zero-order chi connectivity index (χ0) is 33.2. The SMILES string of the molecule is CCC(Sc1cccc(NC(=O)/C(=C/c2ccc(C)cc2)NC(=O)c2ccccc2)c1)C(=O)Nc1nc(-c2cccc(OC)c2)cs1. The summed E-state index contributed by atoms with van der Waals surface area (Å²) >= 11 is 2.76. The van der Waals surface area contributed by atoms with Gasteiger partial charge in [0.1, 0.15) is 11.4 Å². The van der Waals surface area contributed by atoms with Crippen LogP contribution in [0.25, 0.3) is 17.3 Å². The molecule has 0 fully saturated rings. The number of thioether (sulfide) groups is 1. The van der Waals surface area contributed by atoms with E-state index in [1.54, 1.807) is 43.5 Å². The van der Waals surface area contributed by atoms with Gasteiger partial charge in [-0.2, -0.15) is 0 Å². The molecule has 0 saturated carbocycles. The minimum Gasteiger partial charge on any atom is -0.497 e. The highest BCUT2D eigenvalue weighted by molar-refractivity contribution is 8.00. The number of ether oxygens (including phenoxy) is 1. The molecule has 5 aromatic rings. The van der Waals surface area contributed by atoms with E-state index in [1.807, 2.05) is 92.0 Å². The molecule has 0 aliphatic carbocycles. The van der Waals surface area contributed by atoms with E-state index in [-0.39, 0.29) is 11.6 Å². The molecule has 47 heavy (non-hydrogen) atoms. The van der Waals surface area contributed by atoms with Crippen molar-refractivity contribution in [3.63, 3.8) is 0 Å². The second-order valence-electron chi connectivity index (χ2n) is 10.5. The van der Waals surface area contributed by atoms with Crippen LogP contribution >= 0.6 is 23.1 Å². The van der Waals surface area contributed by atoms with Crippen LogP contribution in [-0.2, 0) is 9.59 Å². The molecular weight excluding hydrogens is 629 g/mol. The van der Waals surface area contributed by atoms with E-state index in [9.17, 15) is 14.4 Å². The number of aryl methyl sites for hydroxylation is 1. The monoisotopic (exact) mass is 662 g/mol. The molecular formula is C37H34N4O4S2. The third kappa shape index (κ3) is 9.18. The van der Waals surface area contributed by atoms with Gasteiger partial charge in [0.15, 0.2) is 5.13 Å². The minimum absolute atomic E-state index is 0.100. The Morgan fingerprint density at radius 2 is 1.68 bits per heavy atom. The van der Waals surface area contributed by atoms with Gasteiger partial charge in [-0.3, -0.25) is 14.4 Å². The van der Waals surface area contributed by atoms with Crippen molar-refractivity contribution in [1.82, 2.24) is 10.3 Å². The molecule has 1 atom stereocenters. The van der Waals surface area contributed by atoms with E-state index >= 15 is 0 Å². The van der Waals surface area contributed by atoms with Gasteiger partial charge in [-0.15, -0.1) is 23.1 Å². The Hall–Kier alpha value is -5.19. The van der Waals surface area contributed by atoms with Crippen molar-refractivity contribution in [3.05, 3.63) is 131 Å². The molecule has 4 aromatic carbocycles. The number of nitrogens with zero attached hydrogens (tertiary/aromatic N) is 1. The van der Waals surface area contributed by atoms with Gasteiger partial charge < -0.3 is 20.7 Å².